The van der Waals surface area contributed by atoms with E-state index in [1.165, 1.54) is 12.8 Å². The largest absolute Gasteiger partial charge is 0.480 e. The van der Waals surface area contributed by atoms with Crippen LogP contribution in [0, 0.1) is 11.8 Å². The Morgan fingerprint density at radius 2 is 1.45 bits per heavy atom. The van der Waals surface area contributed by atoms with Crippen molar-refractivity contribution in [1.29, 1.82) is 0 Å². The summed E-state index contributed by atoms with van der Waals surface area (Å²) in [5.74, 6) is -3.46. The number of carboxylic acids is 1. The van der Waals surface area contributed by atoms with Gasteiger partial charge in [-0.05, 0) is 51.4 Å². The van der Waals surface area contributed by atoms with Gasteiger partial charge in [-0.15, -0.1) is 0 Å². The molecule has 15 heteroatoms. The van der Waals surface area contributed by atoms with Crippen LogP contribution < -0.4 is 5.73 Å². The van der Waals surface area contributed by atoms with Gasteiger partial charge in [-0.2, -0.15) is 0 Å². The van der Waals surface area contributed by atoms with Gasteiger partial charge < -0.3 is 35.4 Å². The van der Waals surface area contributed by atoms with Gasteiger partial charge in [0.2, 0.25) is 0 Å². The highest BCUT2D eigenvalue weighted by atomic mass is 31.2. The number of hydrogen-bond acceptors (Lipinski definition) is 12. The number of phosphoric ester groups is 1. The minimum atomic E-state index is -4.79. The van der Waals surface area contributed by atoms with Gasteiger partial charge in [0, 0.05) is 31.1 Å². The molecule has 1 aliphatic rings. The van der Waals surface area contributed by atoms with Gasteiger partial charge in [-0.25, -0.2) is 4.57 Å². The molecule has 55 heavy (non-hydrogen) atoms. The number of carbonyl (C=O) groups is 4. The number of aliphatic hydroxyl groups is 2. The number of phosphoric acid groups is 1. The number of hydrogen-bond donors (Lipinski definition) is 5. The molecule has 0 radical (unpaired) electrons. The van der Waals surface area contributed by atoms with Crippen LogP contribution in [-0.2, 0) is 42.3 Å². The minimum Gasteiger partial charge on any atom is -0.480 e. The number of esters is 2. The Hall–Kier alpha value is -2.71. The summed E-state index contributed by atoms with van der Waals surface area (Å²) in [6, 6.07) is -1.57. The van der Waals surface area contributed by atoms with Crippen LogP contribution >= 0.6 is 7.82 Å². The average molecular weight is 802 g/mol. The van der Waals surface area contributed by atoms with E-state index in [1.54, 1.807) is 12.2 Å². The lowest BCUT2D eigenvalue weighted by Crippen LogP contribution is -2.34. The first-order valence-electron chi connectivity index (χ1n) is 20.1. The lowest BCUT2D eigenvalue weighted by molar-refractivity contribution is -0.161. The molecule has 6 N–H and O–H groups in total. The molecule has 0 aromatic rings. The van der Waals surface area contributed by atoms with Crippen LogP contribution in [0.3, 0.4) is 0 Å². The van der Waals surface area contributed by atoms with E-state index in [0.717, 1.165) is 57.8 Å². The Labute approximate surface area is 327 Å². The molecule has 1 unspecified atom stereocenters. The van der Waals surface area contributed by atoms with Crippen molar-refractivity contribution in [2.75, 3.05) is 19.8 Å². The highest BCUT2D eigenvalue weighted by molar-refractivity contribution is 7.47. The van der Waals surface area contributed by atoms with Gasteiger partial charge in [-0.1, -0.05) is 102 Å². The Morgan fingerprint density at radius 3 is 2.16 bits per heavy atom. The Bertz CT molecular complexity index is 1240. The molecule has 1 fully saturated rings. The number of allylic oxidation sites excluding steroid dienone is 4. The number of aliphatic carboxylic acids is 1. The van der Waals surface area contributed by atoms with E-state index in [9.17, 15) is 38.8 Å². The van der Waals surface area contributed by atoms with Gasteiger partial charge in [-0.3, -0.25) is 28.2 Å². The number of rotatable bonds is 33. The summed E-state index contributed by atoms with van der Waals surface area (Å²) in [7, 11) is -4.79. The molecule has 0 bridgehead atoms. The van der Waals surface area contributed by atoms with Gasteiger partial charge in [0.1, 0.15) is 18.4 Å². The molecule has 0 spiro atoms. The highest BCUT2D eigenvalue weighted by Crippen LogP contribution is 2.43. The average Bonchev–Trinajstić information content (AvgIpc) is 3.41. The number of unbranched alkanes of at least 4 members (excludes halogenated alkanes) is 10. The maximum Gasteiger partial charge on any atom is 0.472 e. The first kappa shape index (κ1) is 50.3. The van der Waals surface area contributed by atoms with Gasteiger partial charge >= 0.3 is 25.7 Å². The molecule has 1 rings (SSSR count). The maximum atomic E-state index is 12.7. The van der Waals surface area contributed by atoms with Crippen molar-refractivity contribution in [1.82, 2.24) is 0 Å². The lowest BCUT2D eigenvalue weighted by Gasteiger charge is -2.20. The number of ketones is 1. The second-order valence-electron chi connectivity index (χ2n) is 14.2. The van der Waals surface area contributed by atoms with Gasteiger partial charge in [0.25, 0.3) is 0 Å². The van der Waals surface area contributed by atoms with Crippen molar-refractivity contribution >= 4 is 31.5 Å². The molecule has 0 amide bonds. The topological polar surface area (TPSA) is 229 Å². The summed E-state index contributed by atoms with van der Waals surface area (Å²) in [5.41, 5.74) is 5.31. The van der Waals surface area contributed by atoms with Crippen molar-refractivity contribution in [3.05, 3.63) is 36.5 Å². The summed E-state index contributed by atoms with van der Waals surface area (Å²) in [6.07, 6.45) is 23.1. The zero-order valence-electron chi connectivity index (χ0n) is 33.0. The molecule has 1 saturated carbocycles. The maximum absolute atomic E-state index is 12.7. The molecule has 0 saturated heterocycles. The summed E-state index contributed by atoms with van der Waals surface area (Å²) < 4.78 is 32.5. The van der Waals surface area contributed by atoms with Crippen LogP contribution in [0.25, 0.3) is 0 Å². The number of ether oxygens (including phenoxy) is 2. The summed E-state index contributed by atoms with van der Waals surface area (Å²) >= 11 is 0. The number of aliphatic hydroxyl groups excluding tert-OH is 2. The molecule has 0 heterocycles. The fourth-order valence-electron chi connectivity index (χ4n) is 5.91. The summed E-state index contributed by atoms with van der Waals surface area (Å²) in [5, 5.41) is 29.5. The predicted octanol–water partition coefficient (Wildman–Crippen LogP) is 6.64. The van der Waals surface area contributed by atoms with Crippen molar-refractivity contribution in [2.24, 2.45) is 17.6 Å². The minimum absolute atomic E-state index is 0.0353. The molecule has 14 nitrogen and oxygen atoms in total. The normalized spacial score (nSPS) is 20.3. The van der Waals surface area contributed by atoms with Crippen LogP contribution in [-0.4, -0.2) is 88.1 Å². The van der Waals surface area contributed by atoms with Crippen LogP contribution in [0.1, 0.15) is 136 Å². The van der Waals surface area contributed by atoms with Crippen molar-refractivity contribution in [2.45, 2.75) is 160 Å². The second kappa shape index (κ2) is 30.4. The van der Waals surface area contributed by atoms with E-state index in [0.29, 0.717) is 32.1 Å². The SMILES string of the molecule is CCCC/C=C\CCCCCCCC(=O)OC[C@H](COP(=O)(O)OC[C@H](N)C(=O)O)OC(=O)CCC/C=C\C[C@H]1C(=O)C[C@@H](O)[C@@H]1/C=C/[C@@H](O)CCCCC. The smallest absolute Gasteiger partial charge is 0.472 e. The molecular formula is C40H68NO13P. The molecule has 0 aromatic carbocycles. The predicted molar refractivity (Wildman–Crippen MR) is 209 cm³/mol. The zero-order chi connectivity index (χ0) is 40.9. The van der Waals surface area contributed by atoms with Gasteiger partial charge in [0.15, 0.2) is 6.10 Å². The quantitative estimate of drug-likeness (QED) is 0.0203. The molecule has 7 atom stereocenters. The van der Waals surface area contributed by atoms with Crippen LogP contribution in [0.5, 0.6) is 0 Å². The van der Waals surface area contributed by atoms with Crippen molar-refractivity contribution < 1.29 is 62.5 Å². The summed E-state index contributed by atoms with van der Waals surface area (Å²) in [4.78, 5) is 58.5. The monoisotopic (exact) mass is 801 g/mol. The van der Waals surface area contributed by atoms with Crippen molar-refractivity contribution in [3.63, 3.8) is 0 Å². The third-order valence-electron chi connectivity index (χ3n) is 9.23. The van der Waals surface area contributed by atoms with Crippen LogP contribution in [0.15, 0.2) is 36.5 Å². The van der Waals surface area contributed by atoms with E-state index in [4.69, 9.17) is 24.8 Å². The molecule has 316 valence electrons. The van der Waals surface area contributed by atoms with Crippen LogP contribution in [0.2, 0.25) is 0 Å². The number of nitrogens with two attached hydrogens (primary N) is 1. The first-order chi connectivity index (χ1) is 26.3. The standard InChI is InChI=1S/C40H68NO13P/c1-3-5-7-8-9-10-11-12-13-14-19-23-38(45)51-28-32(29-52-55(49,50)53-30-35(41)40(47)48)54-39(46)24-20-16-15-18-22-33-34(37(44)27-36(33)43)26-25-31(42)21-17-6-4-2/h8-9,15,18,25-26,31-35,37,42,44H,3-7,10-14,16-17,19-24,27-30,41H2,1-2H3,(H,47,48)(H,49,50)/b9-8-,18-15-,26-25+/t31-,32+,33+,34+,35-,37+/m0/s1. The molecular weight excluding hydrogens is 733 g/mol. The molecule has 0 aromatic heterocycles. The number of Topliss-reactive ketones (excluding diaryl/α,β-unsaturated/α-hetero) is 1. The Kier molecular flexibility index (Phi) is 27.8. The zero-order valence-corrected chi connectivity index (χ0v) is 33.9. The second-order valence-corrected chi connectivity index (χ2v) is 15.6. The lowest BCUT2D eigenvalue weighted by atomic mass is 9.90. The summed E-state index contributed by atoms with van der Waals surface area (Å²) in [6.45, 7) is 2.34. The third-order valence-corrected chi connectivity index (χ3v) is 10.2. The number of carboxylic acid groups (broad SMARTS) is 1. The van der Waals surface area contributed by atoms with Gasteiger partial charge in [0.05, 0.1) is 25.4 Å². The van der Waals surface area contributed by atoms with Crippen LogP contribution in [0.4, 0.5) is 0 Å². The van der Waals surface area contributed by atoms with E-state index < -0.39 is 75.8 Å². The van der Waals surface area contributed by atoms with E-state index in [1.807, 2.05) is 12.2 Å². The molecule has 0 aliphatic heterocycles. The Balaban J connectivity index is 2.58. The molecule has 1 aliphatic carbocycles. The Morgan fingerprint density at radius 1 is 0.836 bits per heavy atom. The van der Waals surface area contributed by atoms with Crippen molar-refractivity contribution in [3.8, 4) is 0 Å². The number of carbonyl (C=O) groups excluding carboxylic acids is 3. The first-order valence-corrected chi connectivity index (χ1v) is 21.6. The fourth-order valence-corrected chi connectivity index (χ4v) is 6.69. The third kappa shape index (κ3) is 25.2. The van der Waals surface area contributed by atoms with E-state index in [-0.39, 0.29) is 31.0 Å². The fraction of sp³-hybridized carbons (Fsp3) is 0.750. The van der Waals surface area contributed by atoms with E-state index >= 15 is 0 Å². The van der Waals surface area contributed by atoms with E-state index in [2.05, 4.69) is 30.5 Å². The highest BCUT2D eigenvalue weighted by Gasteiger charge is 2.39.